The Labute approximate surface area is 121 Å². The summed E-state index contributed by atoms with van der Waals surface area (Å²) in [6.45, 7) is 0.717. The van der Waals surface area contributed by atoms with E-state index in [0.29, 0.717) is 12.1 Å². The van der Waals surface area contributed by atoms with Gasteiger partial charge in [0.15, 0.2) is 5.75 Å². The van der Waals surface area contributed by atoms with Gasteiger partial charge in [0.2, 0.25) is 5.91 Å². The van der Waals surface area contributed by atoms with Crippen molar-refractivity contribution >= 4 is 34.8 Å². The lowest BCUT2D eigenvalue weighted by atomic mass is 10.1. The van der Waals surface area contributed by atoms with Crippen molar-refractivity contribution in [1.82, 2.24) is 0 Å². The van der Waals surface area contributed by atoms with E-state index in [1.807, 2.05) is 0 Å². The van der Waals surface area contributed by atoms with E-state index in [1.54, 1.807) is 0 Å². The maximum atomic E-state index is 11.8. The first-order valence-electron chi connectivity index (χ1n) is 6.15. The Kier molecular flexibility index (Phi) is 4.91. The number of hydrogen-bond donors (Lipinski definition) is 2. The molecule has 2 rings (SSSR count). The van der Waals surface area contributed by atoms with Gasteiger partial charge in [0.1, 0.15) is 0 Å². The smallest absolute Gasteiger partial charge is 0.226 e. The van der Waals surface area contributed by atoms with Crippen LogP contribution in [-0.2, 0) is 9.53 Å². The third kappa shape index (κ3) is 4.00. The number of carbonyl (C=O) groups excluding carboxylic acids is 1. The van der Waals surface area contributed by atoms with Gasteiger partial charge in [-0.2, -0.15) is 0 Å². The first-order valence-corrected chi connectivity index (χ1v) is 6.91. The molecule has 0 aromatic heterocycles. The molecule has 0 aliphatic carbocycles. The van der Waals surface area contributed by atoms with Crippen LogP contribution in [0.1, 0.15) is 25.7 Å². The summed E-state index contributed by atoms with van der Waals surface area (Å²) in [5.41, 5.74) is 0.466. The molecule has 1 aliphatic rings. The molecule has 0 saturated carbocycles. The number of anilines is 1. The van der Waals surface area contributed by atoms with Crippen LogP contribution in [0.25, 0.3) is 0 Å². The predicted molar refractivity (Wildman–Crippen MR) is 75.0 cm³/mol. The van der Waals surface area contributed by atoms with Gasteiger partial charge in [0.25, 0.3) is 0 Å². The Morgan fingerprint density at radius 2 is 2.05 bits per heavy atom. The maximum absolute atomic E-state index is 11.8. The highest BCUT2D eigenvalue weighted by molar-refractivity contribution is 6.37. The zero-order valence-electron chi connectivity index (χ0n) is 10.3. The molecule has 1 saturated heterocycles. The number of aromatic hydroxyl groups is 1. The van der Waals surface area contributed by atoms with Gasteiger partial charge in [-0.15, -0.1) is 0 Å². The van der Waals surface area contributed by atoms with Crippen LogP contribution < -0.4 is 5.32 Å². The second-order valence-electron chi connectivity index (χ2n) is 4.53. The summed E-state index contributed by atoms with van der Waals surface area (Å²) in [6, 6.07) is 2.92. The molecule has 0 radical (unpaired) electrons. The Morgan fingerprint density at radius 1 is 1.37 bits per heavy atom. The second-order valence-corrected chi connectivity index (χ2v) is 5.34. The lowest BCUT2D eigenvalue weighted by Crippen LogP contribution is -2.25. The number of halogens is 2. The Hall–Kier alpha value is -0.970. The summed E-state index contributed by atoms with van der Waals surface area (Å²) in [4.78, 5) is 11.8. The number of phenolic OH excluding ortho intramolecular Hbond substituents is 1. The Balaban J connectivity index is 1.94. The zero-order chi connectivity index (χ0) is 13.8. The van der Waals surface area contributed by atoms with Gasteiger partial charge in [0, 0.05) is 12.3 Å². The van der Waals surface area contributed by atoms with Crippen molar-refractivity contribution in [2.24, 2.45) is 0 Å². The normalized spacial score (nSPS) is 19.2. The summed E-state index contributed by atoms with van der Waals surface area (Å²) in [5.74, 6) is -0.332. The lowest BCUT2D eigenvalue weighted by molar-refractivity contribution is -0.119. The molecule has 6 heteroatoms. The summed E-state index contributed by atoms with van der Waals surface area (Å²) in [7, 11) is 0. The predicted octanol–water partition coefficient (Wildman–Crippen LogP) is 3.60. The number of carbonyl (C=O) groups is 1. The first kappa shape index (κ1) is 14.4. The Bertz CT molecular complexity index is 450. The average Bonchev–Trinajstić information content (AvgIpc) is 2.37. The van der Waals surface area contributed by atoms with Crippen LogP contribution >= 0.6 is 23.2 Å². The van der Waals surface area contributed by atoms with Crippen molar-refractivity contribution in [3.63, 3.8) is 0 Å². The summed E-state index contributed by atoms with van der Waals surface area (Å²) >= 11 is 11.6. The Morgan fingerprint density at radius 3 is 2.63 bits per heavy atom. The molecular weight excluding hydrogens is 289 g/mol. The van der Waals surface area contributed by atoms with Gasteiger partial charge in [-0.05, 0) is 31.4 Å². The minimum atomic E-state index is -0.183. The summed E-state index contributed by atoms with van der Waals surface area (Å²) in [6.07, 6.45) is 3.35. The molecule has 1 amide bonds. The number of amides is 1. The molecular formula is C13H15Cl2NO3. The van der Waals surface area contributed by atoms with Gasteiger partial charge >= 0.3 is 0 Å². The fourth-order valence-electron chi connectivity index (χ4n) is 2.02. The molecule has 1 unspecified atom stereocenters. The van der Waals surface area contributed by atoms with Gasteiger partial charge in [-0.3, -0.25) is 4.79 Å². The molecule has 2 N–H and O–H groups in total. The number of benzene rings is 1. The van der Waals surface area contributed by atoms with Crippen molar-refractivity contribution < 1.29 is 14.6 Å². The van der Waals surface area contributed by atoms with E-state index >= 15 is 0 Å². The zero-order valence-corrected chi connectivity index (χ0v) is 11.8. The number of rotatable bonds is 3. The average molecular weight is 304 g/mol. The van der Waals surface area contributed by atoms with Gasteiger partial charge in [0.05, 0.1) is 22.6 Å². The highest BCUT2D eigenvalue weighted by Gasteiger charge is 2.18. The minimum absolute atomic E-state index is 0.0168. The molecule has 1 fully saturated rings. The quantitative estimate of drug-likeness (QED) is 0.839. The van der Waals surface area contributed by atoms with E-state index in [9.17, 15) is 9.90 Å². The van der Waals surface area contributed by atoms with E-state index < -0.39 is 0 Å². The highest BCUT2D eigenvalue weighted by atomic mass is 35.5. The molecule has 1 aromatic rings. The third-order valence-electron chi connectivity index (χ3n) is 2.99. The molecule has 0 bridgehead atoms. The SMILES string of the molecule is O=C(CC1CCCCO1)Nc1cc(Cl)c(O)c(Cl)c1. The monoisotopic (exact) mass is 303 g/mol. The third-order valence-corrected chi connectivity index (χ3v) is 3.56. The van der Waals surface area contributed by atoms with E-state index in [4.69, 9.17) is 27.9 Å². The number of phenols is 1. The maximum Gasteiger partial charge on any atom is 0.226 e. The molecule has 0 spiro atoms. The highest BCUT2D eigenvalue weighted by Crippen LogP contribution is 2.34. The molecule has 1 heterocycles. The van der Waals surface area contributed by atoms with Crippen LogP contribution in [0.3, 0.4) is 0 Å². The van der Waals surface area contributed by atoms with Crippen LogP contribution in [0.2, 0.25) is 10.0 Å². The first-order chi connectivity index (χ1) is 9.06. The van der Waals surface area contributed by atoms with Crippen molar-refractivity contribution in [3.05, 3.63) is 22.2 Å². The van der Waals surface area contributed by atoms with E-state index in [1.165, 1.54) is 12.1 Å². The van der Waals surface area contributed by atoms with Crippen molar-refractivity contribution in [3.8, 4) is 5.75 Å². The summed E-state index contributed by atoms with van der Waals surface area (Å²) < 4.78 is 5.50. The summed E-state index contributed by atoms with van der Waals surface area (Å²) in [5, 5.41) is 12.3. The molecule has 4 nitrogen and oxygen atoms in total. The van der Waals surface area contributed by atoms with Crippen molar-refractivity contribution in [2.75, 3.05) is 11.9 Å². The van der Waals surface area contributed by atoms with E-state index in [-0.39, 0.29) is 27.8 Å². The standard InChI is InChI=1S/C13H15Cl2NO3/c14-10-5-8(6-11(15)13(10)18)16-12(17)7-9-3-1-2-4-19-9/h5-6,9,18H,1-4,7H2,(H,16,17). The number of nitrogens with one attached hydrogen (secondary N) is 1. The van der Waals surface area contributed by atoms with Crippen molar-refractivity contribution in [1.29, 1.82) is 0 Å². The fourth-order valence-corrected chi connectivity index (χ4v) is 2.51. The molecule has 1 atom stereocenters. The number of ether oxygens (including phenoxy) is 1. The van der Waals surface area contributed by atoms with E-state index in [0.717, 1.165) is 25.9 Å². The van der Waals surface area contributed by atoms with Gasteiger partial charge in [-0.1, -0.05) is 23.2 Å². The van der Waals surface area contributed by atoms with Crippen LogP contribution in [-0.4, -0.2) is 23.7 Å². The molecule has 104 valence electrons. The number of hydrogen-bond acceptors (Lipinski definition) is 3. The van der Waals surface area contributed by atoms with Gasteiger partial charge < -0.3 is 15.2 Å². The largest absolute Gasteiger partial charge is 0.505 e. The molecule has 1 aliphatic heterocycles. The van der Waals surface area contributed by atoms with Crippen LogP contribution in [0.5, 0.6) is 5.75 Å². The fraction of sp³-hybridized carbons (Fsp3) is 0.462. The molecule has 1 aromatic carbocycles. The second kappa shape index (κ2) is 6.46. The van der Waals surface area contributed by atoms with Crippen LogP contribution in [0.4, 0.5) is 5.69 Å². The minimum Gasteiger partial charge on any atom is -0.505 e. The van der Waals surface area contributed by atoms with Crippen LogP contribution in [0.15, 0.2) is 12.1 Å². The van der Waals surface area contributed by atoms with E-state index in [2.05, 4.69) is 5.32 Å². The lowest BCUT2D eigenvalue weighted by Gasteiger charge is -2.22. The van der Waals surface area contributed by atoms with Gasteiger partial charge in [-0.25, -0.2) is 0 Å². The van der Waals surface area contributed by atoms with Crippen molar-refractivity contribution in [2.45, 2.75) is 31.8 Å². The van der Waals surface area contributed by atoms with Crippen LogP contribution in [0, 0.1) is 0 Å². The molecule has 19 heavy (non-hydrogen) atoms. The topological polar surface area (TPSA) is 58.6 Å².